The van der Waals surface area contributed by atoms with Gasteiger partial charge in [-0.1, -0.05) is 38.3 Å². The molecule has 2 nitrogen and oxygen atoms in total. The summed E-state index contributed by atoms with van der Waals surface area (Å²) in [6, 6.07) is 4.85. The Morgan fingerprint density at radius 1 is 1.25 bits per heavy atom. The summed E-state index contributed by atoms with van der Waals surface area (Å²) in [5.74, 6) is -0.0000556. The molecular weight excluding hydrogens is 205 g/mol. The van der Waals surface area contributed by atoms with Crippen molar-refractivity contribution < 1.29 is 9.13 Å². The zero-order valence-electron chi connectivity index (χ0n) is 9.84. The van der Waals surface area contributed by atoms with Gasteiger partial charge in [-0.15, -0.1) is 0 Å². The average molecular weight is 225 g/mol. The molecule has 0 aromatic heterocycles. The first kappa shape index (κ1) is 13.0. The fourth-order valence-corrected chi connectivity index (χ4v) is 1.58. The summed E-state index contributed by atoms with van der Waals surface area (Å²) >= 11 is 0. The van der Waals surface area contributed by atoms with Crippen molar-refractivity contribution in [3.05, 3.63) is 29.6 Å². The minimum Gasteiger partial charge on any atom is -0.490 e. The molecule has 0 atom stereocenters. The van der Waals surface area contributed by atoms with Crippen LogP contribution in [0.4, 0.5) is 4.39 Å². The van der Waals surface area contributed by atoms with Crippen LogP contribution in [0, 0.1) is 5.82 Å². The number of halogens is 1. The molecule has 0 radical (unpaired) electrons. The predicted molar refractivity (Wildman–Crippen MR) is 63.9 cm³/mol. The minimum absolute atomic E-state index is 0.308. The zero-order valence-corrected chi connectivity index (χ0v) is 9.84. The Bertz CT molecular complexity index is 315. The Balaban J connectivity index is 2.46. The number of hydrogen-bond acceptors (Lipinski definition) is 2. The highest BCUT2D eigenvalue weighted by Gasteiger charge is 2.07. The molecule has 90 valence electrons. The highest BCUT2D eigenvalue weighted by molar-refractivity contribution is 5.34. The fourth-order valence-electron chi connectivity index (χ4n) is 1.58. The molecule has 0 aliphatic heterocycles. The number of hydrogen-bond donors (Lipinski definition) is 1. The number of nitrogens with two attached hydrogens (primary N) is 1. The number of para-hydroxylation sites is 1. The van der Waals surface area contributed by atoms with E-state index in [-0.39, 0.29) is 5.82 Å². The number of rotatable bonds is 7. The Labute approximate surface area is 96.6 Å². The first-order valence-electron chi connectivity index (χ1n) is 5.89. The normalized spacial score (nSPS) is 10.4. The summed E-state index contributed by atoms with van der Waals surface area (Å²) < 4.78 is 18.9. The molecule has 0 amide bonds. The van der Waals surface area contributed by atoms with E-state index in [2.05, 4.69) is 6.92 Å². The van der Waals surface area contributed by atoms with Gasteiger partial charge in [-0.25, -0.2) is 4.39 Å². The van der Waals surface area contributed by atoms with Gasteiger partial charge in [0.1, 0.15) is 0 Å². The van der Waals surface area contributed by atoms with E-state index in [4.69, 9.17) is 10.5 Å². The monoisotopic (exact) mass is 225 g/mol. The van der Waals surface area contributed by atoms with Gasteiger partial charge in [0.05, 0.1) is 6.61 Å². The summed E-state index contributed by atoms with van der Waals surface area (Å²) in [4.78, 5) is 0. The van der Waals surface area contributed by atoms with Gasteiger partial charge in [0, 0.05) is 12.1 Å². The predicted octanol–water partition coefficient (Wildman–Crippen LogP) is 3.24. The third-order valence-corrected chi connectivity index (χ3v) is 2.51. The van der Waals surface area contributed by atoms with Gasteiger partial charge in [0.25, 0.3) is 0 Å². The van der Waals surface area contributed by atoms with Crippen LogP contribution in [-0.2, 0) is 6.54 Å². The van der Waals surface area contributed by atoms with Gasteiger partial charge in [-0.3, -0.25) is 0 Å². The lowest BCUT2D eigenvalue weighted by molar-refractivity contribution is 0.287. The number of unbranched alkanes of at least 4 members (excludes halogenated alkanes) is 3. The molecule has 3 heteroatoms. The van der Waals surface area contributed by atoms with E-state index in [1.165, 1.54) is 18.9 Å². The van der Waals surface area contributed by atoms with Gasteiger partial charge in [-0.2, -0.15) is 0 Å². The molecule has 1 rings (SSSR count). The third kappa shape index (κ3) is 3.81. The van der Waals surface area contributed by atoms with Crippen molar-refractivity contribution in [1.82, 2.24) is 0 Å². The van der Waals surface area contributed by atoms with Crippen LogP contribution in [-0.4, -0.2) is 6.61 Å². The van der Waals surface area contributed by atoms with Crippen LogP contribution in [0.1, 0.15) is 38.2 Å². The molecule has 0 aliphatic carbocycles. The number of ether oxygens (including phenoxy) is 1. The second kappa shape index (κ2) is 7.23. The smallest absolute Gasteiger partial charge is 0.165 e. The van der Waals surface area contributed by atoms with Crippen molar-refractivity contribution in [2.24, 2.45) is 5.73 Å². The van der Waals surface area contributed by atoms with Gasteiger partial charge in [0.15, 0.2) is 11.6 Å². The van der Waals surface area contributed by atoms with Gasteiger partial charge < -0.3 is 10.5 Å². The summed E-state index contributed by atoms with van der Waals surface area (Å²) in [7, 11) is 0. The second-order valence-corrected chi connectivity index (χ2v) is 3.84. The van der Waals surface area contributed by atoms with Crippen LogP contribution in [0.25, 0.3) is 0 Å². The summed E-state index contributed by atoms with van der Waals surface area (Å²) in [6.07, 6.45) is 4.48. The lowest BCUT2D eigenvalue weighted by Gasteiger charge is -2.10. The molecular formula is C13H20FNO. The second-order valence-electron chi connectivity index (χ2n) is 3.84. The maximum Gasteiger partial charge on any atom is 0.165 e. The molecule has 0 fully saturated rings. The van der Waals surface area contributed by atoms with E-state index in [1.54, 1.807) is 12.1 Å². The number of benzene rings is 1. The Hall–Kier alpha value is -1.09. The highest BCUT2D eigenvalue weighted by atomic mass is 19.1. The average Bonchev–Trinajstić information content (AvgIpc) is 2.30. The van der Waals surface area contributed by atoms with Crippen molar-refractivity contribution in [3.8, 4) is 5.75 Å². The summed E-state index contributed by atoms with van der Waals surface area (Å²) in [5, 5.41) is 0. The van der Waals surface area contributed by atoms with Crippen molar-refractivity contribution in [1.29, 1.82) is 0 Å². The lowest BCUT2D eigenvalue weighted by Crippen LogP contribution is -2.05. The Morgan fingerprint density at radius 2 is 2.06 bits per heavy atom. The van der Waals surface area contributed by atoms with Gasteiger partial charge in [0.2, 0.25) is 0 Å². The molecule has 1 aromatic carbocycles. The highest BCUT2D eigenvalue weighted by Crippen LogP contribution is 2.22. The maximum absolute atomic E-state index is 13.4. The van der Waals surface area contributed by atoms with Gasteiger partial charge in [-0.05, 0) is 12.5 Å². The third-order valence-electron chi connectivity index (χ3n) is 2.51. The molecule has 16 heavy (non-hydrogen) atoms. The van der Waals surface area contributed by atoms with Crippen molar-refractivity contribution in [3.63, 3.8) is 0 Å². The molecule has 0 unspecified atom stereocenters. The van der Waals surface area contributed by atoms with E-state index >= 15 is 0 Å². The molecule has 1 aromatic rings. The Kier molecular flexibility index (Phi) is 5.86. The van der Waals surface area contributed by atoms with Crippen molar-refractivity contribution >= 4 is 0 Å². The van der Waals surface area contributed by atoms with E-state index in [0.29, 0.717) is 18.9 Å². The molecule has 0 saturated heterocycles. The molecule has 0 bridgehead atoms. The van der Waals surface area contributed by atoms with E-state index in [9.17, 15) is 4.39 Å². The van der Waals surface area contributed by atoms with Crippen LogP contribution in [0.2, 0.25) is 0 Å². The van der Waals surface area contributed by atoms with Crippen LogP contribution in [0.3, 0.4) is 0 Å². The zero-order chi connectivity index (χ0) is 11.8. The summed E-state index contributed by atoms with van der Waals surface area (Å²) in [6.45, 7) is 3.03. The van der Waals surface area contributed by atoms with Crippen LogP contribution >= 0.6 is 0 Å². The largest absolute Gasteiger partial charge is 0.490 e. The SMILES string of the molecule is CCCCCCOc1c(F)cccc1CN. The maximum atomic E-state index is 13.4. The molecule has 0 heterocycles. The van der Waals surface area contributed by atoms with Crippen molar-refractivity contribution in [2.75, 3.05) is 6.61 Å². The fraction of sp³-hybridized carbons (Fsp3) is 0.538. The van der Waals surface area contributed by atoms with E-state index in [0.717, 1.165) is 18.4 Å². The standard InChI is InChI=1S/C13H20FNO/c1-2-3-4-5-9-16-13-11(10-15)7-6-8-12(13)14/h6-8H,2-5,9-10,15H2,1H3. The topological polar surface area (TPSA) is 35.2 Å². The van der Waals surface area contributed by atoms with Crippen LogP contribution in [0.15, 0.2) is 18.2 Å². The first-order valence-corrected chi connectivity index (χ1v) is 5.89. The Morgan fingerprint density at radius 3 is 2.75 bits per heavy atom. The first-order chi connectivity index (χ1) is 7.79. The van der Waals surface area contributed by atoms with E-state index < -0.39 is 0 Å². The lowest BCUT2D eigenvalue weighted by atomic mass is 10.2. The van der Waals surface area contributed by atoms with Crippen molar-refractivity contribution in [2.45, 2.75) is 39.2 Å². The molecule has 0 aliphatic rings. The molecule has 0 spiro atoms. The molecule has 0 saturated carbocycles. The van der Waals surface area contributed by atoms with E-state index in [1.807, 2.05) is 0 Å². The minimum atomic E-state index is -0.321. The summed E-state index contributed by atoms with van der Waals surface area (Å²) in [5.41, 5.74) is 6.26. The van der Waals surface area contributed by atoms with Gasteiger partial charge >= 0.3 is 0 Å². The van der Waals surface area contributed by atoms with Crippen LogP contribution in [0.5, 0.6) is 5.75 Å². The quantitative estimate of drug-likeness (QED) is 0.723. The van der Waals surface area contributed by atoms with Crippen LogP contribution < -0.4 is 10.5 Å². The molecule has 2 N–H and O–H groups in total.